The Morgan fingerprint density at radius 2 is 2.00 bits per heavy atom. The summed E-state index contributed by atoms with van der Waals surface area (Å²) in [5.41, 5.74) is -0.427. The summed E-state index contributed by atoms with van der Waals surface area (Å²) < 4.78 is 37.6. The Hall–Kier alpha value is -1.96. The molecule has 0 heterocycles. The van der Waals surface area contributed by atoms with E-state index in [1.165, 1.54) is 12.1 Å². The smallest absolute Gasteiger partial charge is 0.345 e. The van der Waals surface area contributed by atoms with Crippen molar-refractivity contribution in [2.45, 2.75) is 31.9 Å². The molecule has 0 saturated heterocycles. The summed E-state index contributed by atoms with van der Waals surface area (Å²) in [5, 5.41) is 2.70. The van der Waals surface area contributed by atoms with Crippen molar-refractivity contribution < 1.29 is 18.0 Å². The quantitative estimate of drug-likeness (QED) is 0.833. The maximum atomic E-state index is 12.5. The predicted octanol–water partition coefficient (Wildman–Crippen LogP) is 3.36. The van der Waals surface area contributed by atoms with Gasteiger partial charge < -0.3 is 5.32 Å². The minimum absolute atomic E-state index is 0.00848. The van der Waals surface area contributed by atoms with Gasteiger partial charge in [-0.1, -0.05) is 30.7 Å². The van der Waals surface area contributed by atoms with E-state index < -0.39 is 11.7 Å². The molecule has 0 aliphatic heterocycles. The molecule has 112 valence electrons. The number of alkyl halides is 3. The summed E-state index contributed by atoms with van der Waals surface area (Å²) in [7, 11) is 0. The van der Waals surface area contributed by atoms with Gasteiger partial charge in [-0.05, 0) is 31.0 Å². The third-order valence-electron chi connectivity index (χ3n) is 3.50. The molecule has 1 aromatic rings. The Bertz CT molecular complexity index is 563. The number of hydrogen-bond donors (Lipinski definition) is 1. The first kappa shape index (κ1) is 15.4. The zero-order valence-corrected chi connectivity index (χ0v) is 11.5. The summed E-state index contributed by atoms with van der Waals surface area (Å²) in [6.45, 7) is 0.158. The van der Waals surface area contributed by atoms with Crippen LogP contribution >= 0.6 is 0 Å². The van der Waals surface area contributed by atoms with Crippen molar-refractivity contribution in [1.82, 2.24) is 5.32 Å². The average molecular weight is 295 g/mol. The van der Waals surface area contributed by atoms with Gasteiger partial charge in [-0.25, -0.2) is 0 Å². The topological polar surface area (TPSA) is 29.1 Å². The Morgan fingerprint density at radius 3 is 2.67 bits per heavy atom. The van der Waals surface area contributed by atoms with E-state index in [1.54, 1.807) is 0 Å². The molecule has 1 saturated carbocycles. The van der Waals surface area contributed by atoms with Crippen LogP contribution in [0.2, 0.25) is 0 Å². The van der Waals surface area contributed by atoms with Gasteiger partial charge in [0.1, 0.15) is 0 Å². The van der Waals surface area contributed by atoms with E-state index in [2.05, 4.69) is 17.2 Å². The maximum absolute atomic E-state index is 12.5. The molecule has 0 unspecified atom stereocenters. The van der Waals surface area contributed by atoms with Crippen molar-refractivity contribution in [1.29, 1.82) is 0 Å². The maximum Gasteiger partial charge on any atom is 0.416 e. The second kappa shape index (κ2) is 6.66. The fourth-order valence-corrected chi connectivity index (χ4v) is 2.38. The summed E-state index contributed by atoms with van der Waals surface area (Å²) in [4.78, 5) is 11.7. The van der Waals surface area contributed by atoms with Gasteiger partial charge in [0.15, 0.2) is 0 Å². The first-order valence-corrected chi connectivity index (χ1v) is 6.90. The van der Waals surface area contributed by atoms with Gasteiger partial charge in [0, 0.05) is 11.5 Å². The molecule has 0 bridgehead atoms. The summed E-state index contributed by atoms with van der Waals surface area (Å²) >= 11 is 0. The lowest BCUT2D eigenvalue weighted by atomic mass is 10.1. The first-order chi connectivity index (χ1) is 9.97. The van der Waals surface area contributed by atoms with Crippen molar-refractivity contribution in [3.63, 3.8) is 0 Å². The molecule has 1 N–H and O–H groups in total. The first-order valence-electron chi connectivity index (χ1n) is 6.90. The second-order valence-electron chi connectivity index (χ2n) is 5.08. The Balaban J connectivity index is 1.89. The van der Waals surface area contributed by atoms with E-state index in [4.69, 9.17) is 0 Å². The highest BCUT2D eigenvalue weighted by atomic mass is 19.4. The molecule has 1 amide bonds. The van der Waals surface area contributed by atoms with E-state index in [0.717, 1.165) is 37.8 Å². The number of halogens is 3. The SMILES string of the molecule is O=C(NCC#Cc1cccc(C(F)(F)F)c1)C1CCCC1. The molecular weight excluding hydrogens is 279 g/mol. The largest absolute Gasteiger partial charge is 0.416 e. The number of hydrogen-bond acceptors (Lipinski definition) is 1. The lowest BCUT2D eigenvalue weighted by Crippen LogP contribution is -2.29. The average Bonchev–Trinajstić information content (AvgIpc) is 2.97. The van der Waals surface area contributed by atoms with Crippen molar-refractivity contribution in [2.24, 2.45) is 5.92 Å². The summed E-state index contributed by atoms with van der Waals surface area (Å²) in [6.07, 6.45) is -0.393. The number of carbonyl (C=O) groups excluding carboxylic acids is 1. The second-order valence-corrected chi connectivity index (χ2v) is 5.08. The van der Waals surface area contributed by atoms with Gasteiger partial charge in [0.05, 0.1) is 12.1 Å². The monoisotopic (exact) mass is 295 g/mol. The molecule has 0 radical (unpaired) electrons. The van der Waals surface area contributed by atoms with Crippen LogP contribution in [-0.2, 0) is 11.0 Å². The van der Waals surface area contributed by atoms with Crippen LogP contribution in [0.4, 0.5) is 13.2 Å². The van der Waals surface area contributed by atoms with Crippen molar-refractivity contribution >= 4 is 5.91 Å². The highest BCUT2D eigenvalue weighted by molar-refractivity contribution is 5.79. The number of amides is 1. The van der Waals surface area contributed by atoms with Gasteiger partial charge in [-0.15, -0.1) is 0 Å². The minimum Gasteiger partial charge on any atom is -0.345 e. The van der Waals surface area contributed by atoms with Gasteiger partial charge in [-0.2, -0.15) is 13.2 Å². The fraction of sp³-hybridized carbons (Fsp3) is 0.438. The molecule has 0 spiro atoms. The summed E-state index contributed by atoms with van der Waals surface area (Å²) in [6, 6.07) is 4.85. The van der Waals surface area contributed by atoms with E-state index in [0.29, 0.717) is 5.56 Å². The van der Waals surface area contributed by atoms with Gasteiger partial charge in [0.25, 0.3) is 0 Å². The lowest BCUT2D eigenvalue weighted by Gasteiger charge is -2.07. The number of nitrogens with one attached hydrogen (secondary N) is 1. The highest BCUT2D eigenvalue weighted by Gasteiger charge is 2.30. The van der Waals surface area contributed by atoms with Crippen LogP contribution in [-0.4, -0.2) is 12.5 Å². The van der Waals surface area contributed by atoms with Crippen LogP contribution < -0.4 is 5.32 Å². The predicted molar refractivity (Wildman–Crippen MR) is 73.3 cm³/mol. The standard InChI is InChI=1S/C16H16F3NO/c17-16(18,19)14-9-3-5-12(11-14)6-4-10-20-15(21)13-7-1-2-8-13/h3,5,9,11,13H,1-2,7-8,10H2,(H,20,21). The number of carbonyl (C=O) groups is 1. The minimum atomic E-state index is -4.37. The summed E-state index contributed by atoms with van der Waals surface area (Å²) in [5.74, 6) is 5.39. The molecule has 0 aromatic heterocycles. The molecular formula is C16H16F3NO. The van der Waals surface area contributed by atoms with Crippen LogP contribution in [0.15, 0.2) is 24.3 Å². The molecule has 2 nitrogen and oxygen atoms in total. The van der Waals surface area contributed by atoms with Gasteiger partial charge in [0.2, 0.25) is 5.91 Å². The highest BCUT2D eigenvalue weighted by Crippen LogP contribution is 2.29. The number of benzene rings is 1. The normalized spacial score (nSPS) is 15.4. The van der Waals surface area contributed by atoms with E-state index in [-0.39, 0.29) is 18.4 Å². The molecule has 5 heteroatoms. The number of rotatable bonds is 2. The fourth-order valence-electron chi connectivity index (χ4n) is 2.38. The third kappa shape index (κ3) is 4.52. The lowest BCUT2D eigenvalue weighted by molar-refractivity contribution is -0.137. The Kier molecular flexibility index (Phi) is 4.89. The molecule has 1 aromatic carbocycles. The van der Waals surface area contributed by atoms with Gasteiger partial charge in [-0.3, -0.25) is 4.79 Å². The van der Waals surface area contributed by atoms with Crippen molar-refractivity contribution in [2.75, 3.05) is 6.54 Å². The zero-order chi connectivity index (χ0) is 15.3. The van der Waals surface area contributed by atoms with Gasteiger partial charge >= 0.3 is 6.18 Å². The third-order valence-corrected chi connectivity index (χ3v) is 3.50. The van der Waals surface area contributed by atoms with E-state index in [9.17, 15) is 18.0 Å². The van der Waals surface area contributed by atoms with E-state index in [1.807, 2.05) is 0 Å². The van der Waals surface area contributed by atoms with Crippen molar-refractivity contribution in [3.05, 3.63) is 35.4 Å². The molecule has 0 atom stereocenters. The molecule has 2 rings (SSSR count). The molecule has 1 aliphatic rings. The van der Waals surface area contributed by atoms with Crippen LogP contribution in [0.25, 0.3) is 0 Å². The van der Waals surface area contributed by atoms with Crippen molar-refractivity contribution in [3.8, 4) is 11.8 Å². The van der Waals surface area contributed by atoms with Crippen LogP contribution in [0.3, 0.4) is 0 Å². The van der Waals surface area contributed by atoms with Crippen LogP contribution in [0.1, 0.15) is 36.8 Å². The zero-order valence-electron chi connectivity index (χ0n) is 11.5. The Morgan fingerprint density at radius 1 is 1.29 bits per heavy atom. The Labute approximate surface area is 121 Å². The van der Waals surface area contributed by atoms with Crippen LogP contribution in [0.5, 0.6) is 0 Å². The van der Waals surface area contributed by atoms with Crippen LogP contribution in [0, 0.1) is 17.8 Å². The molecule has 21 heavy (non-hydrogen) atoms. The van der Waals surface area contributed by atoms with E-state index >= 15 is 0 Å². The molecule has 1 aliphatic carbocycles. The molecule has 1 fully saturated rings.